The molecule has 0 fully saturated rings. The van der Waals surface area contributed by atoms with Crippen molar-refractivity contribution >= 4 is 17.7 Å². The number of hydrogen-bond acceptors (Lipinski definition) is 4. The van der Waals surface area contributed by atoms with E-state index in [9.17, 15) is 26.7 Å². The van der Waals surface area contributed by atoms with Crippen molar-refractivity contribution in [2.24, 2.45) is 5.73 Å². The Morgan fingerprint density at radius 2 is 1.88 bits per heavy atom. The molecule has 16 heavy (non-hydrogen) atoms. The van der Waals surface area contributed by atoms with E-state index >= 15 is 0 Å². The lowest BCUT2D eigenvalue weighted by Crippen LogP contribution is -2.49. The smallest absolute Gasteiger partial charge is 0.454 e. The topological polar surface area (TPSA) is 52.3 Å². The van der Waals surface area contributed by atoms with Crippen LogP contribution >= 0.6 is 11.8 Å². The van der Waals surface area contributed by atoms with E-state index in [1.54, 1.807) is 0 Å². The summed E-state index contributed by atoms with van der Waals surface area (Å²) in [6.45, 7) is -0.895. The van der Waals surface area contributed by atoms with Crippen LogP contribution in [0.1, 0.15) is 0 Å². The zero-order valence-electron chi connectivity index (χ0n) is 8.18. The third-order valence-electron chi connectivity index (χ3n) is 1.63. The van der Waals surface area contributed by atoms with E-state index < -0.39 is 35.6 Å². The minimum absolute atomic E-state index is 0.118. The van der Waals surface area contributed by atoms with Crippen molar-refractivity contribution in [3.8, 4) is 0 Å². The van der Waals surface area contributed by atoms with Crippen molar-refractivity contribution < 1.29 is 31.5 Å². The molecule has 0 bridgehead atoms. The van der Waals surface area contributed by atoms with Crippen LogP contribution in [0, 0.1) is 0 Å². The van der Waals surface area contributed by atoms with Crippen molar-refractivity contribution in [3.05, 3.63) is 0 Å². The molecule has 0 aliphatic carbocycles. The summed E-state index contributed by atoms with van der Waals surface area (Å²) in [6, 6.07) is 0. The lowest BCUT2D eigenvalue weighted by atomic mass is 10.2. The number of halogens is 5. The Hall–Kier alpha value is -0.570. The highest BCUT2D eigenvalue weighted by Crippen LogP contribution is 2.42. The third-order valence-corrected chi connectivity index (χ3v) is 2.92. The van der Waals surface area contributed by atoms with E-state index in [1.807, 2.05) is 0 Å². The highest BCUT2D eigenvalue weighted by molar-refractivity contribution is 8.00. The van der Waals surface area contributed by atoms with Gasteiger partial charge >= 0.3 is 18.1 Å². The standard InChI is InChI=1S/C7H10F5NO2S/c1-15-5(14)3-16-4(2-13)6(8,9)7(10,11)12/h4H,2-3,13H2,1H3. The van der Waals surface area contributed by atoms with Crippen molar-refractivity contribution in [1.29, 1.82) is 0 Å². The number of carbonyl (C=O) groups excluding carboxylic acids is 1. The van der Waals surface area contributed by atoms with Gasteiger partial charge in [0.2, 0.25) is 0 Å². The maximum absolute atomic E-state index is 12.8. The Balaban J connectivity index is 4.55. The van der Waals surface area contributed by atoms with Gasteiger partial charge in [-0.2, -0.15) is 22.0 Å². The predicted octanol–water partition coefficient (Wildman–Crippen LogP) is 1.42. The van der Waals surface area contributed by atoms with E-state index in [0.717, 1.165) is 7.11 Å². The van der Waals surface area contributed by atoms with E-state index in [2.05, 4.69) is 4.74 Å². The number of rotatable bonds is 5. The van der Waals surface area contributed by atoms with Gasteiger partial charge in [-0.05, 0) is 0 Å². The van der Waals surface area contributed by atoms with Crippen molar-refractivity contribution in [3.63, 3.8) is 0 Å². The summed E-state index contributed by atoms with van der Waals surface area (Å²) in [4.78, 5) is 10.6. The minimum atomic E-state index is -5.68. The number of alkyl halides is 5. The molecule has 0 radical (unpaired) electrons. The highest BCUT2D eigenvalue weighted by Gasteiger charge is 2.62. The van der Waals surface area contributed by atoms with Gasteiger partial charge in [-0.1, -0.05) is 0 Å². The SMILES string of the molecule is COC(=O)CSC(CN)C(F)(F)C(F)(F)F. The van der Waals surface area contributed by atoms with Gasteiger partial charge < -0.3 is 10.5 Å². The molecule has 2 N–H and O–H groups in total. The van der Waals surface area contributed by atoms with Gasteiger partial charge in [0.1, 0.15) is 0 Å². The highest BCUT2D eigenvalue weighted by atomic mass is 32.2. The molecule has 0 rings (SSSR count). The number of nitrogens with two attached hydrogens (primary N) is 1. The summed E-state index contributed by atoms with van der Waals surface area (Å²) in [5.41, 5.74) is 4.83. The normalized spacial score (nSPS) is 14.7. The Bertz CT molecular complexity index is 245. The fraction of sp³-hybridized carbons (Fsp3) is 0.857. The van der Waals surface area contributed by atoms with Crippen LogP contribution in [-0.4, -0.2) is 42.7 Å². The first kappa shape index (κ1) is 15.4. The summed E-state index contributed by atoms with van der Waals surface area (Å²) in [7, 11) is 1.00. The first-order valence-corrected chi connectivity index (χ1v) is 5.04. The Morgan fingerprint density at radius 1 is 1.38 bits per heavy atom. The minimum Gasteiger partial charge on any atom is -0.468 e. The molecule has 0 saturated carbocycles. The van der Waals surface area contributed by atoms with Crippen LogP contribution in [0.25, 0.3) is 0 Å². The number of hydrogen-bond donors (Lipinski definition) is 1. The molecule has 0 spiro atoms. The van der Waals surface area contributed by atoms with Gasteiger partial charge in [0.15, 0.2) is 0 Å². The monoisotopic (exact) mass is 267 g/mol. The fourth-order valence-electron chi connectivity index (χ4n) is 0.731. The van der Waals surface area contributed by atoms with Gasteiger partial charge in [-0.3, -0.25) is 4.79 Å². The number of thioether (sulfide) groups is 1. The zero-order valence-corrected chi connectivity index (χ0v) is 9.00. The molecular weight excluding hydrogens is 257 g/mol. The Labute approximate surface area is 92.5 Å². The second kappa shape index (κ2) is 5.67. The quantitative estimate of drug-likeness (QED) is 0.604. The van der Waals surface area contributed by atoms with Crippen LogP contribution in [0.5, 0.6) is 0 Å². The van der Waals surface area contributed by atoms with Crippen LogP contribution in [-0.2, 0) is 9.53 Å². The molecule has 3 nitrogen and oxygen atoms in total. The molecule has 1 atom stereocenters. The van der Waals surface area contributed by atoms with Crippen LogP contribution in [0.3, 0.4) is 0 Å². The maximum Gasteiger partial charge on any atom is 0.454 e. The van der Waals surface area contributed by atoms with E-state index in [4.69, 9.17) is 5.73 Å². The van der Waals surface area contributed by atoms with Crippen LogP contribution in [0.4, 0.5) is 22.0 Å². The zero-order chi connectivity index (χ0) is 13.0. The maximum atomic E-state index is 12.8. The molecule has 0 saturated heterocycles. The molecule has 0 amide bonds. The van der Waals surface area contributed by atoms with Gasteiger partial charge in [-0.25, -0.2) is 0 Å². The number of methoxy groups -OCH3 is 1. The largest absolute Gasteiger partial charge is 0.468 e. The molecule has 0 aromatic carbocycles. The third kappa shape index (κ3) is 3.78. The first-order valence-electron chi connectivity index (χ1n) is 3.99. The summed E-state index contributed by atoms with van der Waals surface area (Å²) in [5.74, 6) is -6.42. The number of carbonyl (C=O) groups is 1. The molecule has 9 heteroatoms. The molecule has 0 aliphatic rings. The average Bonchev–Trinajstić information content (AvgIpc) is 2.16. The molecule has 0 aromatic rings. The second-order valence-corrected chi connectivity index (χ2v) is 3.92. The molecular formula is C7H10F5NO2S. The van der Waals surface area contributed by atoms with E-state index in [0.29, 0.717) is 0 Å². The van der Waals surface area contributed by atoms with Gasteiger partial charge in [0.25, 0.3) is 0 Å². The summed E-state index contributed by atoms with van der Waals surface area (Å²) in [6.07, 6.45) is -5.68. The average molecular weight is 267 g/mol. The van der Waals surface area contributed by atoms with Crippen LogP contribution in [0.2, 0.25) is 0 Å². The van der Waals surface area contributed by atoms with Crippen LogP contribution < -0.4 is 5.73 Å². The van der Waals surface area contributed by atoms with Gasteiger partial charge in [-0.15, -0.1) is 11.8 Å². The lowest BCUT2D eigenvalue weighted by Gasteiger charge is -2.26. The van der Waals surface area contributed by atoms with E-state index in [-0.39, 0.29) is 11.8 Å². The van der Waals surface area contributed by atoms with Crippen molar-refractivity contribution in [2.45, 2.75) is 17.3 Å². The Morgan fingerprint density at radius 3 is 2.19 bits per heavy atom. The number of esters is 1. The van der Waals surface area contributed by atoms with Crippen molar-refractivity contribution in [2.75, 3.05) is 19.4 Å². The summed E-state index contributed by atoms with van der Waals surface area (Å²) < 4.78 is 65.5. The number of ether oxygens (including phenoxy) is 1. The molecule has 1 unspecified atom stereocenters. The van der Waals surface area contributed by atoms with E-state index in [1.165, 1.54) is 0 Å². The second-order valence-electron chi connectivity index (χ2n) is 2.73. The molecule has 0 aliphatic heterocycles. The van der Waals surface area contributed by atoms with Gasteiger partial charge in [0, 0.05) is 6.54 Å². The van der Waals surface area contributed by atoms with Gasteiger partial charge in [0.05, 0.1) is 18.1 Å². The summed E-state index contributed by atoms with van der Waals surface area (Å²) in [5, 5.41) is -2.20. The molecule has 96 valence electrons. The first-order chi connectivity index (χ1) is 7.16. The van der Waals surface area contributed by atoms with Crippen molar-refractivity contribution in [1.82, 2.24) is 0 Å². The predicted molar refractivity (Wildman–Crippen MR) is 48.3 cm³/mol. The van der Waals surface area contributed by atoms with Crippen LogP contribution in [0.15, 0.2) is 0 Å². The molecule has 0 heterocycles. The fourth-order valence-corrected chi connectivity index (χ4v) is 1.66. The molecule has 0 aromatic heterocycles. The lowest BCUT2D eigenvalue weighted by molar-refractivity contribution is -0.280. The Kier molecular flexibility index (Phi) is 5.47. The summed E-state index contributed by atoms with van der Waals surface area (Å²) >= 11 is 0.118.